The summed E-state index contributed by atoms with van der Waals surface area (Å²) in [4.78, 5) is 20.1. The first-order valence-corrected chi connectivity index (χ1v) is 11.1. The fourth-order valence-electron chi connectivity index (χ4n) is 5.56. The largest absolute Gasteiger partial charge is 0.336 e. The van der Waals surface area contributed by atoms with Gasteiger partial charge in [0.15, 0.2) is 0 Å². The molecule has 2 amide bonds. The van der Waals surface area contributed by atoms with Crippen LogP contribution in [0.5, 0.6) is 0 Å². The van der Waals surface area contributed by atoms with E-state index in [4.69, 9.17) is 0 Å². The Hall–Kier alpha value is -1.59. The van der Waals surface area contributed by atoms with Crippen molar-refractivity contribution in [1.82, 2.24) is 20.0 Å². The number of urea groups is 1. The summed E-state index contributed by atoms with van der Waals surface area (Å²) in [6.07, 6.45) is 8.35. The molecule has 1 atom stereocenters. The van der Waals surface area contributed by atoms with Gasteiger partial charge in [0.05, 0.1) is 6.04 Å². The number of fused-ring (bicyclic) bond motifs is 1. The summed E-state index contributed by atoms with van der Waals surface area (Å²) in [5, 5.41) is 3.33. The summed E-state index contributed by atoms with van der Waals surface area (Å²) in [5.41, 5.74) is 2.91. The highest BCUT2D eigenvalue weighted by molar-refractivity contribution is 5.74. The predicted molar refractivity (Wildman–Crippen MR) is 114 cm³/mol. The second kappa shape index (κ2) is 8.42. The molecule has 4 rings (SSSR count). The van der Waals surface area contributed by atoms with Gasteiger partial charge in [0.1, 0.15) is 0 Å². The quantitative estimate of drug-likeness (QED) is 0.866. The highest BCUT2D eigenvalue weighted by Gasteiger charge is 2.41. The summed E-state index contributed by atoms with van der Waals surface area (Å²) in [5.74, 6) is 0. The van der Waals surface area contributed by atoms with Crippen LogP contribution in [0.2, 0.25) is 0 Å². The van der Waals surface area contributed by atoms with Gasteiger partial charge in [-0.25, -0.2) is 4.79 Å². The molecular weight excluding hydrogens is 348 g/mol. The molecule has 2 fully saturated rings. The zero-order valence-corrected chi connectivity index (χ0v) is 17.6. The number of benzene rings is 1. The van der Waals surface area contributed by atoms with Gasteiger partial charge in [-0.15, -0.1) is 0 Å². The van der Waals surface area contributed by atoms with Gasteiger partial charge in [0.25, 0.3) is 0 Å². The minimum atomic E-state index is 0.0853. The summed E-state index contributed by atoms with van der Waals surface area (Å²) in [6, 6.07) is 8.92. The molecule has 3 aliphatic rings. The fraction of sp³-hybridized carbons (Fsp3) is 0.696. The lowest BCUT2D eigenvalue weighted by atomic mass is 9.87. The second-order valence-corrected chi connectivity index (χ2v) is 9.10. The molecule has 0 bridgehead atoms. The molecule has 1 saturated heterocycles. The normalized spacial score (nSPS) is 25.3. The number of rotatable bonds is 4. The number of nitrogens with one attached hydrogen (secondary N) is 1. The van der Waals surface area contributed by atoms with Gasteiger partial charge >= 0.3 is 6.03 Å². The minimum absolute atomic E-state index is 0.0853. The number of likely N-dealkylation sites (N-methyl/N-ethyl adjacent to an activating group) is 1. The Kier molecular flexibility index (Phi) is 5.93. The van der Waals surface area contributed by atoms with E-state index in [1.54, 1.807) is 0 Å². The second-order valence-electron chi connectivity index (χ2n) is 9.10. The molecule has 1 saturated carbocycles. The number of aryl methyl sites for hydroxylation is 1. The Bertz CT molecular complexity index is 677. The first-order chi connectivity index (χ1) is 13.6. The number of carbonyl (C=O) groups is 1. The first kappa shape index (κ1) is 19.7. The molecule has 1 aliphatic heterocycles. The first-order valence-electron chi connectivity index (χ1n) is 11.1. The number of nitrogens with zero attached hydrogens (tertiary/aromatic N) is 3. The van der Waals surface area contributed by atoms with E-state index in [0.717, 1.165) is 52.0 Å². The monoisotopic (exact) mass is 384 g/mol. The van der Waals surface area contributed by atoms with Crippen LogP contribution in [0.3, 0.4) is 0 Å². The lowest BCUT2D eigenvalue weighted by molar-refractivity contribution is 0.0431. The van der Waals surface area contributed by atoms with Crippen LogP contribution >= 0.6 is 0 Å². The summed E-state index contributed by atoms with van der Waals surface area (Å²) < 4.78 is 0. The molecule has 1 aromatic rings. The van der Waals surface area contributed by atoms with E-state index in [2.05, 4.69) is 46.4 Å². The van der Waals surface area contributed by atoms with Gasteiger partial charge in [-0.1, -0.05) is 37.1 Å². The molecule has 5 heteroatoms. The van der Waals surface area contributed by atoms with Gasteiger partial charge in [-0.05, 0) is 50.3 Å². The third kappa shape index (κ3) is 3.92. The molecule has 0 spiro atoms. The maximum Gasteiger partial charge on any atom is 0.317 e. The van der Waals surface area contributed by atoms with Crippen molar-refractivity contribution in [2.45, 2.75) is 56.5 Å². The van der Waals surface area contributed by atoms with E-state index in [9.17, 15) is 4.79 Å². The van der Waals surface area contributed by atoms with Crippen molar-refractivity contribution < 1.29 is 4.79 Å². The topological polar surface area (TPSA) is 38.8 Å². The SMILES string of the molecule is CN1CCN(C2(CNC(=O)N(C)[C@@H]3CCCc4ccccc43)CCCC2)CC1. The summed E-state index contributed by atoms with van der Waals surface area (Å²) in [6.45, 7) is 5.30. The van der Waals surface area contributed by atoms with Crippen molar-refractivity contribution in [3.63, 3.8) is 0 Å². The fourth-order valence-corrected chi connectivity index (χ4v) is 5.56. The molecule has 5 nitrogen and oxygen atoms in total. The van der Waals surface area contributed by atoms with E-state index in [0.29, 0.717) is 0 Å². The number of hydrogen-bond donors (Lipinski definition) is 1. The minimum Gasteiger partial charge on any atom is -0.336 e. The van der Waals surface area contributed by atoms with Crippen LogP contribution in [0.4, 0.5) is 4.79 Å². The number of amides is 2. The van der Waals surface area contributed by atoms with Crippen LogP contribution in [0.1, 0.15) is 55.7 Å². The third-order valence-electron chi connectivity index (χ3n) is 7.40. The summed E-state index contributed by atoms with van der Waals surface area (Å²) in [7, 11) is 4.18. The van der Waals surface area contributed by atoms with Gasteiger partial charge in [0.2, 0.25) is 0 Å². The highest BCUT2D eigenvalue weighted by Crippen LogP contribution is 2.36. The van der Waals surface area contributed by atoms with Crippen LogP contribution in [0, 0.1) is 0 Å². The third-order valence-corrected chi connectivity index (χ3v) is 7.40. The maximum atomic E-state index is 13.1. The van der Waals surface area contributed by atoms with Crippen LogP contribution in [0.25, 0.3) is 0 Å². The van der Waals surface area contributed by atoms with Crippen molar-refractivity contribution in [3.8, 4) is 0 Å². The zero-order chi connectivity index (χ0) is 19.6. The molecule has 28 heavy (non-hydrogen) atoms. The smallest absolute Gasteiger partial charge is 0.317 e. The van der Waals surface area contributed by atoms with E-state index >= 15 is 0 Å². The molecule has 1 heterocycles. The highest BCUT2D eigenvalue weighted by atomic mass is 16.2. The van der Waals surface area contributed by atoms with Gasteiger partial charge in [0, 0.05) is 45.3 Å². The Morgan fingerprint density at radius 1 is 1.14 bits per heavy atom. The van der Waals surface area contributed by atoms with E-state index in [1.807, 2.05) is 11.9 Å². The van der Waals surface area contributed by atoms with Crippen molar-refractivity contribution in [2.75, 3.05) is 46.8 Å². The average Bonchev–Trinajstić information content (AvgIpc) is 3.21. The molecule has 1 N–H and O–H groups in total. The Labute approximate surface area is 170 Å². The number of piperazine rings is 1. The summed E-state index contributed by atoms with van der Waals surface area (Å²) >= 11 is 0. The molecule has 2 aliphatic carbocycles. The molecule has 1 aromatic carbocycles. The number of hydrogen-bond acceptors (Lipinski definition) is 3. The van der Waals surface area contributed by atoms with Crippen LogP contribution < -0.4 is 5.32 Å². The molecule has 0 unspecified atom stereocenters. The Morgan fingerprint density at radius 3 is 2.61 bits per heavy atom. The molecule has 0 radical (unpaired) electrons. The van der Waals surface area contributed by atoms with Gasteiger partial charge in [-0.2, -0.15) is 0 Å². The zero-order valence-electron chi connectivity index (χ0n) is 17.6. The van der Waals surface area contributed by atoms with Crippen molar-refractivity contribution in [2.24, 2.45) is 0 Å². The lowest BCUT2D eigenvalue weighted by Crippen LogP contribution is -2.60. The Morgan fingerprint density at radius 2 is 1.86 bits per heavy atom. The molecule has 0 aromatic heterocycles. The van der Waals surface area contributed by atoms with Crippen molar-refractivity contribution >= 4 is 6.03 Å². The van der Waals surface area contributed by atoms with Crippen LogP contribution in [0.15, 0.2) is 24.3 Å². The van der Waals surface area contributed by atoms with Crippen LogP contribution in [-0.4, -0.2) is 73.1 Å². The van der Waals surface area contributed by atoms with Crippen molar-refractivity contribution in [3.05, 3.63) is 35.4 Å². The van der Waals surface area contributed by atoms with Gasteiger partial charge in [-0.3, -0.25) is 4.90 Å². The standard InChI is InChI=1S/C23H36N4O/c1-25-14-16-27(17-15-25)23(12-5-6-13-23)18-24-22(28)26(2)21-11-7-9-19-8-3-4-10-20(19)21/h3-4,8,10,21H,5-7,9,11-18H2,1-2H3,(H,24,28)/t21-/m1/s1. The van der Waals surface area contributed by atoms with E-state index < -0.39 is 0 Å². The maximum absolute atomic E-state index is 13.1. The number of carbonyl (C=O) groups excluding carboxylic acids is 1. The molecule has 154 valence electrons. The molecular formula is C23H36N4O. The lowest BCUT2D eigenvalue weighted by Gasteiger charge is -2.46. The average molecular weight is 385 g/mol. The van der Waals surface area contributed by atoms with Crippen molar-refractivity contribution in [1.29, 1.82) is 0 Å². The van der Waals surface area contributed by atoms with Gasteiger partial charge < -0.3 is 15.1 Å². The predicted octanol–water partition coefficient (Wildman–Crippen LogP) is 3.27. The van der Waals surface area contributed by atoms with Crippen LogP contribution in [-0.2, 0) is 6.42 Å². The van der Waals surface area contributed by atoms with E-state index in [-0.39, 0.29) is 17.6 Å². The Balaban J connectivity index is 1.40. The van der Waals surface area contributed by atoms with E-state index in [1.165, 1.54) is 36.8 Å².